The molecule has 0 radical (unpaired) electrons. The van der Waals surface area contributed by atoms with Crippen molar-refractivity contribution in [2.45, 2.75) is 50.7 Å². The van der Waals surface area contributed by atoms with Crippen molar-refractivity contribution < 1.29 is 10.2 Å². The van der Waals surface area contributed by atoms with E-state index in [9.17, 15) is 10.2 Å². The molecule has 3 unspecified atom stereocenters. The van der Waals surface area contributed by atoms with Gasteiger partial charge in [-0.3, -0.25) is 4.90 Å². The fourth-order valence-electron chi connectivity index (χ4n) is 5.20. The van der Waals surface area contributed by atoms with E-state index in [1.165, 1.54) is 17.7 Å². The van der Waals surface area contributed by atoms with Gasteiger partial charge in [0.1, 0.15) is 5.75 Å². The molecule has 0 aliphatic carbocycles. The summed E-state index contributed by atoms with van der Waals surface area (Å²) in [6.45, 7) is 2.84. The van der Waals surface area contributed by atoms with Gasteiger partial charge >= 0.3 is 0 Å². The number of rotatable bonds is 4. The second kappa shape index (κ2) is 7.33. The molecule has 1 aromatic heterocycles. The van der Waals surface area contributed by atoms with Gasteiger partial charge in [-0.05, 0) is 37.7 Å². The van der Waals surface area contributed by atoms with Crippen LogP contribution < -0.4 is 4.90 Å². The van der Waals surface area contributed by atoms with Crippen molar-refractivity contribution in [2.75, 3.05) is 24.6 Å². The van der Waals surface area contributed by atoms with Gasteiger partial charge in [-0.2, -0.15) is 0 Å². The monoisotopic (exact) mass is 380 g/mol. The lowest BCUT2D eigenvalue weighted by Gasteiger charge is -2.37. The summed E-state index contributed by atoms with van der Waals surface area (Å²) >= 11 is 0. The van der Waals surface area contributed by atoms with Gasteiger partial charge in [0.15, 0.2) is 0 Å². The Bertz CT molecular complexity index is 858. The molecule has 2 bridgehead atoms. The summed E-state index contributed by atoms with van der Waals surface area (Å²) in [5, 5.41) is 19.7. The molecule has 2 aromatic rings. The highest BCUT2D eigenvalue weighted by Crippen LogP contribution is 2.44. The fourth-order valence-corrected chi connectivity index (χ4v) is 5.20. The average molecular weight is 380 g/mol. The molecular weight excluding hydrogens is 352 g/mol. The maximum atomic E-state index is 10.2. The normalized spacial score (nSPS) is 27.0. The van der Waals surface area contributed by atoms with Gasteiger partial charge in [0.05, 0.1) is 5.69 Å². The van der Waals surface area contributed by atoms with Crippen molar-refractivity contribution in [3.8, 4) is 5.75 Å². The van der Waals surface area contributed by atoms with E-state index in [1.54, 1.807) is 6.07 Å². The first-order valence-electron chi connectivity index (χ1n) is 10.5. The van der Waals surface area contributed by atoms with E-state index in [0.717, 1.165) is 56.8 Å². The van der Waals surface area contributed by atoms with Gasteiger partial charge in [-0.25, -0.2) is 9.97 Å². The van der Waals surface area contributed by atoms with Gasteiger partial charge in [-0.1, -0.05) is 18.2 Å². The first kappa shape index (κ1) is 17.9. The van der Waals surface area contributed by atoms with Gasteiger partial charge in [-0.15, -0.1) is 0 Å². The second-order valence-corrected chi connectivity index (χ2v) is 8.46. The summed E-state index contributed by atoms with van der Waals surface area (Å²) < 4.78 is 0. The lowest BCUT2D eigenvalue weighted by Crippen LogP contribution is -2.40. The number of nitrogens with zero attached hydrogens (tertiary/aromatic N) is 4. The number of benzene rings is 1. The smallest absolute Gasteiger partial charge is 0.225 e. The molecule has 6 nitrogen and oxygen atoms in total. The minimum absolute atomic E-state index is 0.243. The Hall–Kier alpha value is -2.18. The molecule has 0 amide bonds. The van der Waals surface area contributed by atoms with Crippen LogP contribution in [0.3, 0.4) is 0 Å². The Balaban J connectivity index is 1.38. The molecule has 28 heavy (non-hydrogen) atoms. The largest absolute Gasteiger partial charge is 0.508 e. The van der Waals surface area contributed by atoms with Gasteiger partial charge in [0.25, 0.3) is 0 Å². The maximum Gasteiger partial charge on any atom is 0.225 e. The minimum atomic E-state index is 0.243. The molecule has 3 aliphatic rings. The molecule has 3 aliphatic heterocycles. The molecular formula is C22H28N4O2. The second-order valence-electron chi connectivity index (χ2n) is 8.46. The van der Waals surface area contributed by atoms with Crippen LogP contribution in [0.15, 0.2) is 30.5 Å². The summed E-state index contributed by atoms with van der Waals surface area (Å²) in [5.41, 5.74) is 3.43. The fraction of sp³-hybridized carbons (Fsp3) is 0.545. The van der Waals surface area contributed by atoms with Crippen molar-refractivity contribution >= 4 is 5.95 Å². The zero-order chi connectivity index (χ0) is 19.1. The number of phenols is 1. The van der Waals surface area contributed by atoms with Gasteiger partial charge in [0, 0.05) is 62.1 Å². The van der Waals surface area contributed by atoms with Crippen LogP contribution in [0.5, 0.6) is 5.75 Å². The summed E-state index contributed by atoms with van der Waals surface area (Å²) in [7, 11) is 0. The number of aromatic nitrogens is 2. The Morgan fingerprint density at radius 3 is 2.89 bits per heavy atom. The zero-order valence-electron chi connectivity index (χ0n) is 16.2. The van der Waals surface area contributed by atoms with Crippen LogP contribution in [0, 0.1) is 5.92 Å². The number of aliphatic hydroxyl groups excluding tert-OH is 1. The van der Waals surface area contributed by atoms with Crippen molar-refractivity contribution in [3.05, 3.63) is 47.3 Å². The number of piperidine rings is 1. The molecule has 3 atom stereocenters. The zero-order valence-corrected chi connectivity index (χ0v) is 16.2. The van der Waals surface area contributed by atoms with Gasteiger partial charge in [0.2, 0.25) is 5.95 Å². The molecule has 148 valence electrons. The molecule has 4 heterocycles. The van der Waals surface area contributed by atoms with Crippen LogP contribution in [0.25, 0.3) is 0 Å². The number of phenolic OH excluding ortho intramolecular Hbond substituents is 1. The quantitative estimate of drug-likeness (QED) is 0.850. The highest BCUT2D eigenvalue weighted by atomic mass is 16.3. The van der Waals surface area contributed by atoms with Crippen LogP contribution in [0.1, 0.15) is 48.5 Å². The average Bonchev–Trinajstić information content (AvgIpc) is 3.01. The SMILES string of the molecule is OCC1CCCN(c2ncc3c(n2)CC2CCC3N2Cc2ccccc2O)C1. The lowest BCUT2D eigenvalue weighted by molar-refractivity contribution is 0.164. The Labute approximate surface area is 165 Å². The van der Waals surface area contributed by atoms with Crippen molar-refractivity contribution in [2.24, 2.45) is 5.92 Å². The van der Waals surface area contributed by atoms with Crippen LogP contribution in [-0.4, -0.2) is 50.8 Å². The third-order valence-corrected chi connectivity index (χ3v) is 6.72. The molecule has 1 aromatic carbocycles. The standard InChI is InChI=1S/C22H28N4O2/c27-14-15-4-3-9-25(12-15)22-23-11-18-19(24-22)10-17-7-8-20(18)26(17)13-16-5-1-2-6-21(16)28/h1-2,5-6,11,15,17,20,27-28H,3-4,7-10,12-14H2. The van der Waals surface area contributed by atoms with E-state index in [2.05, 4.69) is 9.80 Å². The summed E-state index contributed by atoms with van der Waals surface area (Å²) in [5.74, 6) is 1.53. The third-order valence-electron chi connectivity index (χ3n) is 6.72. The predicted molar refractivity (Wildman–Crippen MR) is 107 cm³/mol. The molecule has 6 heteroatoms. The van der Waals surface area contributed by atoms with Crippen molar-refractivity contribution in [3.63, 3.8) is 0 Å². The molecule has 0 spiro atoms. The molecule has 2 saturated heterocycles. The number of anilines is 1. The number of hydrogen-bond acceptors (Lipinski definition) is 6. The van der Waals surface area contributed by atoms with E-state index >= 15 is 0 Å². The van der Waals surface area contributed by atoms with E-state index in [4.69, 9.17) is 9.97 Å². The lowest BCUT2D eigenvalue weighted by atomic mass is 9.98. The number of para-hydroxylation sites is 1. The van der Waals surface area contributed by atoms with E-state index in [0.29, 0.717) is 23.8 Å². The maximum absolute atomic E-state index is 10.2. The molecule has 2 fully saturated rings. The van der Waals surface area contributed by atoms with Crippen molar-refractivity contribution in [1.29, 1.82) is 0 Å². The van der Waals surface area contributed by atoms with Crippen LogP contribution in [0.2, 0.25) is 0 Å². The van der Waals surface area contributed by atoms with E-state index in [-0.39, 0.29) is 6.61 Å². The molecule has 2 N–H and O–H groups in total. The summed E-state index contributed by atoms with van der Waals surface area (Å²) in [4.78, 5) is 14.4. The number of hydrogen-bond donors (Lipinski definition) is 2. The Morgan fingerprint density at radius 1 is 1.14 bits per heavy atom. The first-order valence-corrected chi connectivity index (χ1v) is 10.5. The number of fused-ring (bicyclic) bond motifs is 4. The van der Waals surface area contributed by atoms with Crippen LogP contribution >= 0.6 is 0 Å². The third kappa shape index (κ3) is 3.14. The highest BCUT2D eigenvalue weighted by molar-refractivity contribution is 5.38. The van der Waals surface area contributed by atoms with Crippen molar-refractivity contribution in [1.82, 2.24) is 14.9 Å². The summed E-state index contributed by atoms with van der Waals surface area (Å²) in [6.07, 6.45) is 7.45. The van der Waals surface area contributed by atoms with Gasteiger partial charge < -0.3 is 15.1 Å². The summed E-state index contributed by atoms with van der Waals surface area (Å²) in [6, 6.07) is 8.46. The first-order chi connectivity index (χ1) is 13.7. The topological polar surface area (TPSA) is 72.7 Å². The Morgan fingerprint density at radius 2 is 2.04 bits per heavy atom. The van der Waals surface area contributed by atoms with E-state index < -0.39 is 0 Å². The molecule has 5 rings (SSSR count). The van der Waals surface area contributed by atoms with E-state index in [1.807, 2.05) is 24.4 Å². The number of aliphatic hydroxyl groups is 1. The highest BCUT2D eigenvalue weighted by Gasteiger charge is 2.41. The van der Waals surface area contributed by atoms with Crippen LogP contribution in [0.4, 0.5) is 5.95 Å². The van der Waals surface area contributed by atoms with Crippen LogP contribution in [-0.2, 0) is 13.0 Å². The predicted octanol–water partition coefficient (Wildman–Crippen LogP) is 2.65. The minimum Gasteiger partial charge on any atom is -0.508 e. The molecule has 0 saturated carbocycles. The number of aromatic hydroxyl groups is 1. The Kier molecular flexibility index (Phi) is 4.69.